The Bertz CT molecular complexity index is 585. The lowest BCUT2D eigenvalue weighted by Gasteiger charge is -2.04. The Kier molecular flexibility index (Phi) is 3.52. The minimum Gasteiger partial charge on any atom is -0.411 e. The normalized spacial score (nSPS) is 11.7. The third-order valence-electron chi connectivity index (χ3n) is 2.48. The number of hydrogen-bond acceptors (Lipinski definition) is 3. The molecule has 5 heteroatoms. The van der Waals surface area contributed by atoms with Crippen LogP contribution in [0.1, 0.15) is 11.3 Å². The maximum Gasteiger partial charge on any atom is 0.123 e. The van der Waals surface area contributed by atoms with Crippen LogP contribution in [-0.4, -0.2) is 21.2 Å². The van der Waals surface area contributed by atoms with E-state index < -0.39 is 0 Å². The Morgan fingerprint density at radius 2 is 2.06 bits per heavy atom. The Balaban J connectivity index is 2.42. The van der Waals surface area contributed by atoms with Gasteiger partial charge in [-0.1, -0.05) is 5.16 Å². The fraction of sp³-hybridized carbons (Fsp3) is 0.0769. The summed E-state index contributed by atoms with van der Waals surface area (Å²) >= 11 is 0. The second-order valence-electron chi connectivity index (χ2n) is 3.72. The first-order valence-electron chi connectivity index (χ1n) is 5.37. The molecule has 1 aromatic heterocycles. The van der Waals surface area contributed by atoms with Gasteiger partial charge in [0.15, 0.2) is 0 Å². The number of oxime groups is 1. The average molecular weight is 245 g/mol. The van der Waals surface area contributed by atoms with E-state index in [4.69, 9.17) is 5.21 Å². The Morgan fingerprint density at radius 1 is 1.33 bits per heavy atom. The van der Waals surface area contributed by atoms with Crippen LogP contribution in [-0.2, 0) is 0 Å². The molecule has 0 saturated carbocycles. The Morgan fingerprint density at radius 3 is 2.72 bits per heavy atom. The molecule has 1 aromatic carbocycles. The molecule has 0 fully saturated rings. The number of hydrogen-bond donors (Lipinski definition) is 1. The second-order valence-corrected chi connectivity index (χ2v) is 3.72. The van der Waals surface area contributed by atoms with E-state index in [9.17, 15) is 4.39 Å². The molecule has 2 rings (SSSR count). The van der Waals surface area contributed by atoms with Gasteiger partial charge < -0.3 is 5.21 Å². The molecule has 0 amide bonds. The number of halogens is 1. The van der Waals surface area contributed by atoms with Crippen LogP contribution >= 0.6 is 0 Å². The van der Waals surface area contributed by atoms with E-state index in [2.05, 4.69) is 10.3 Å². The van der Waals surface area contributed by atoms with Crippen molar-refractivity contribution in [2.24, 2.45) is 5.16 Å². The van der Waals surface area contributed by atoms with E-state index in [0.717, 1.165) is 16.9 Å². The highest BCUT2D eigenvalue weighted by atomic mass is 19.1. The van der Waals surface area contributed by atoms with E-state index >= 15 is 0 Å². The topological polar surface area (TPSA) is 50.4 Å². The van der Waals surface area contributed by atoms with Crippen molar-refractivity contribution >= 4 is 12.3 Å². The molecule has 0 saturated heterocycles. The zero-order valence-electron chi connectivity index (χ0n) is 9.79. The predicted molar refractivity (Wildman–Crippen MR) is 67.6 cm³/mol. The van der Waals surface area contributed by atoms with Gasteiger partial charge in [0, 0.05) is 0 Å². The van der Waals surface area contributed by atoms with Crippen molar-refractivity contribution in [3.63, 3.8) is 0 Å². The summed E-state index contributed by atoms with van der Waals surface area (Å²) in [5, 5.41) is 15.5. The molecule has 2 aromatic rings. The highest BCUT2D eigenvalue weighted by molar-refractivity contribution is 5.77. The average Bonchev–Trinajstić information content (AvgIpc) is 2.73. The van der Waals surface area contributed by atoms with Crippen LogP contribution in [0, 0.1) is 12.7 Å². The summed E-state index contributed by atoms with van der Waals surface area (Å²) in [7, 11) is 0. The van der Waals surface area contributed by atoms with E-state index in [-0.39, 0.29) is 5.82 Å². The van der Waals surface area contributed by atoms with Crippen LogP contribution in [0.2, 0.25) is 0 Å². The van der Waals surface area contributed by atoms with Gasteiger partial charge >= 0.3 is 0 Å². The number of allylic oxidation sites excluding steroid dienone is 1. The van der Waals surface area contributed by atoms with E-state index in [1.807, 2.05) is 6.92 Å². The Labute approximate surface area is 104 Å². The van der Waals surface area contributed by atoms with Gasteiger partial charge in [-0.2, -0.15) is 5.10 Å². The van der Waals surface area contributed by atoms with Crippen molar-refractivity contribution in [1.82, 2.24) is 9.78 Å². The van der Waals surface area contributed by atoms with Gasteiger partial charge in [-0.25, -0.2) is 9.07 Å². The third kappa shape index (κ3) is 2.45. The Hall–Kier alpha value is -2.43. The van der Waals surface area contributed by atoms with Crippen molar-refractivity contribution in [2.45, 2.75) is 6.92 Å². The second kappa shape index (κ2) is 5.27. The van der Waals surface area contributed by atoms with Gasteiger partial charge in [-0.3, -0.25) is 0 Å². The summed E-state index contributed by atoms with van der Waals surface area (Å²) in [6, 6.07) is 6.07. The zero-order chi connectivity index (χ0) is 13.0. The number of rotatable bonds is 3. The molecule has 0 aliphatic heterocycles. The highest BCUT2D eigenvalue weighted by Gasteiger charge is 2.06. The van der Waals surface area contributed by atoms with Gasteiger partial charge in [0.05, 0.1) is 23.8 Å². The number of benzene rings is 1. The SMILES string of the molecule is Cc1cnn(-c2ccc(F)cc2)c1/C=C\C=N\O. The standard InChI is InChI=1S/C13H12FN3O/c1-10-9-15-17(13(10)3-2-8-16-18)12-6-4-11(14)5-7-12/h2-9,18H,1H3/b3-2-,16-8+. The molecule has 0 spiro atoms. The minimum absolute atomic E-state index is 0.285. The van der Waals surface area contributed by atoms with Crippen LogP contribution in [0.15, 0.2) is 41.7 Å². The largest absolute Gasteiger partial charge is 0.411 e. The van der Waals surface area contributed by atoms with Gasteiger partial charge in [0.2, 0.25) is 0 Å². The molecule has 0 bridgehead atoms. The van der Waals surface area contributed by atoms with Gasteiger partial charge in [0.1, 0.15) is 5.82 Å². The zero-order valence-corrected chi connectivity index (χ0v) is 9.79. The summed E-state index contributed by atoms with van der Waals surface area (Å²) in [6.45, 7) is 1.92. The van der Waals surface area contributed by atoms with E-state index in [1.165, 1.54) is 18.3 Å². The summed E-state index contributed by atoms with van der Waals surface area (Å²) < 4.78 is 14.6. The highest BCUT2D eigenvalue weighted by Crippen LogP contribution is 2.16. The third-order valence-corrected chi connectivity index (χ3v) is 2.48. The molecule has 0 atom stereocenters. The quantitative estimate of drug-likeness (QED) is 0.513. The fourth-order valence-corrected chi connectivity index (χ4v) is 1.60. The van der Waals surface area contributed by atoms with Crippen LogP contribution in [0.25, 0.3) is 11.8 Å². The maximum absolute atomic E-state index is 12.9. The van der Waals surface area contributed by atoms with E-state index in [0.29, 0.717) is 0 Å². The van der Waals surface area contributed by atoms with Crippen molar-refractivity contribution in [3.8, 4) is 5.69 Å². The molecule has 0 unspecified atom stereocenters. The molecule has 18 heavy (non-hydrogen) atoms. The first-order chi connectivity index (χ1) is 8.72. The molecule has 0 aliphatic carbocycles. The van der Waals surface area contributed by atoms with Crippen LogP contribution in [0.4, 0.5) is 4.39 Å². The lowest BCUT2D eigenvalue weighted by atomic mass is 10.2. The lowest BCUT2D eigenvalue weighted by molar-refractivity contribution is 0.322. The summed E-state index contributed by atoms with van der Waals surface area (Å²) in [5.41, 5.74) is 2.59. The fourth-order valence-electron chi connectivity index (χ4n) is 1.60. The number of nitrogens with zero attached hydrogens (tertiary/aromatic N) is 3. The summed E-state index contributed by atoms with van der Waals surface area (Å²) in [6.07, 6.45) is 6.36. The molecule has 1 N–H and O–H groups in total. The van der Waals surface area contributed by atoms with E-state index in [1.54, 1.807) is 35.2 Å². The molecular weight excluding hydrogens is 233 g/mol. The molecular formula is C13H12FN3O. The van der Waals surface area contributed by atoms with Crippen molar-refractivity contribution < 1.29 is 9.60 Å². The van der Waals surface area contributed by atoms with Crippen LogP contribution in [0.3, 0.4) is 0 Å². The maximum atomic E-state index is 12.9. The molecule has 4 nitrogen and oxygen atoms in total. The van der Waals surface area contributed by atoms with Crippen LogP contribution < -0.4 is 0 Å². The minimum atomic E-state index is -0.285. The summed E-state index contributed by atoms with van der Waals surface area (Å²) in [5.74, 6) is -0.285. The smallest absolute Gasteiger partial charge is 0.123 e. The summed E-state index contributed by atoms with van der Waals surface area (Å²) in [4.78, 5) is 0. The number of aryl methyl sites for hydroxylation is 1. The molecule has 0 aliphatic rings. The van der Waals surface area contributed by atoms with Crippen molar-refractivity contribution in [1.29, 1.82) is 0 Å². The first-order valence-corrected chi connectivity index (χ1v) is 5.37. The molecule has 1 heterocycles. The van der Waals surface area contributed by atoms with Gasteiger partial charge in [0.25, 0.3) is 0 Å². The van der Waals surface area contributed by atoms with Gasteiger partial charge in [-0.05, 0) is 48.9 Å². The van der Waals surface area contributed by atoms with Gasteiger partial charge in [-0.15, -0.1) is 0 Å². The first kappa shape index (κ1) is 12.0. The van der Waals surface area contributed by atoms with Crippen molar-refractivity contribution in [2.75, 3.05) is 0 Å². The molecule has 0 radical (unpaired) electrons. The lowest BCUT2D eigenvalue weighted by Crippen LogP contribution is -1.99. The molecule has 92 valence electrons. The van der Waals surface area contributed by atoms with Crippen LogP contribution in [0.5, 0.6) is 0 Å². The van der Waals surface area contributed by atoms with Crippen molar-refractivity contribution in [3.05, 3.63) is 53.6 Å². The number of aromatic nitrogens is 2. The predicted octanol–water partition coefficient (Wildman–Crippen LogP) is 2.79. The monoisotopic (exact) mass is 245 g/mol.